The van der Waals surface area contributed by atoms with E-state index in [4.69, 9.17) is 0 Å². The average Bonchev–Trinajstić information content (AvgIpc) is 2.53. The third-order valence-corrected chi connectivity index (χ3v) is 3.52. The molecular weight excluding hydrogens is 256 g/mol. The molecule has 0 aromatic heterocycles. The van der Waals surface area contributed by atoms with Gasteiger partial charge in [-0.05, 0) is 12.1 Å². The lowest BCUT2D eigenvalue weighted by Crippen LogP contribution is -2.48. The molecule has 5 nitrogen and oxygen atoms in total. The molecule has 0 bridgehead atoms. The molecule has 1 fully saturated rings. The summed E-state index contributed by atoms with van der Waals surface area (Å²) >= 11 is 0. The van der Waals surface area contributed by atoms with Crippen LogP contribution in [0.15, 0.2) is 30.3 Å². The van der Waals surface area contributed by atoms with Crippen LogP contribution in [0.5, 0.6) is 0 Å². The fourth-order valence-corrected chi connectivity index (χ4v) is 2.32. The van der Waals surface area contributed by atoms with Crippen LogP contribution in [0.3, 0.4) is 0 Å². The van der Waals surface area contributed by atoms with Gasteiger partial charge in [0.15, 0.2) is 0 Å². The van der Waals surface area contributed by atoms with Crippen LogP contribution in [-0.4, -0.2) is 50.1 Å². The Bertz CT molecular complexity index is 453. The first-order valence-electron chi connectivity index (χ1n) is 6.85. The summed E-state index contributed by atoms with van der Waals surface area (Å²) in [6.45, 7) is 3.06. The van der Waals surface area contributed by atoms with Crippen molar-refractivity contribution in [1.82, 2.24) is 4.90 Å². The highest BCUT2D eigenvalue weighted by Gasteiger charge is 2.21. The third kappa shape index (κ3) is 3.73. The zero-order valence-electron chi connectivity index (χ0n) is 11.7. The summed E-state index contributed by atoms with van der Waals surface area (Å²) in [5.74, 6) is -0.301. The summed E-state index contributed by atoms with van der Waals surface area (Å²) in [6.07, 6.45) is 0.395. The van der Waals surface area contributed by atoms with Crippen LogP contribution in [-0.2, 0) is 14.3 Å². The highest BCUT2D eigenvalue weighted by molar-refractivity contribution is 5.81. The van der Waals surface area contributed by atoms with Crippen LogP contribution in [0.4, 0.5) is 5.69 Å². The molecule has 5 heteroatoms. The monoisotopic (exact) mass is 276 g/mol. The van der Waals surface area contributed by atoms with E-state index < -0.39 is 0 Å². The Kier molecular flexibility index (Phi) is 4.98. The highest BCUT2D eigenvalue weighted by Crippen LogP contribution is 2.16. The van der Waals surface area contributed by atoms with Crippen molar-refractivity contribution >= 4 is 17.6 Å². The van der Waals surface area contributed by atoms with Crippen molar-refractivity contribution < 1.29 is 14.3 Å². The molecule has 1 heterocycles. The lowest BCUT2D eigenvalue weighted by atomic mass is 10.2. The van der Waals surface area contributed by atoms with Gasteiger partial charge in [0, 0.05) is 38.3 Å². The van der Waals surface area contributed by atoms with E-state index in [-0.39, 0.29) is 24.7 Å². The molecule has 2 rings (SSSR count). The minimum atomic E-state index is -0.332. The number of carbonyl (C=O) groups excluding carboxylic acids is 2. The second-order valence-corrected chi connectivity index (χ2v) is 4.78. The van der Waals surface area contributed by atoms with Crippen molar-refractivity contribution in [3.05, 3.63) is 30.3 Å². The van der Waals surface area contributed by atoms with Gasteiger partial charge in [0.2, 0.25) is 5.91 Å². The van der Waals surface area contributed by atoms with Crippen LogP contribution in [0.25, 0.3) is 0 Å². The molecule has 0 radical (unpaired) electrons. The Balaban J connectivity index is 1.79. The van der Waals surface area contributed by atoms with E-state index in [1.807, 2.05) is 23.1 Å². The van der Waals surface area contributed by atoms with Crippen LogP contribution in [0, 0.1) is 0 Å². The van der Waals surface area contributed by atoms with E-state index in [2.05, 4.69) is 21.8 Å². The van der Waals surface area contributed by atoms with Crippen LogP contribution in [0.2, 0.25) is 0 Å². The quantitative estimate of drug-likeness (QED) is 0.778. The third-order valence-electron chi connectivity index (χ3n) is 3.52. The number of piperazine rings is 1. The summed E-state index contributed by atoms with van der Waals surface area (Å²) in [4.78, 5) is 27.1. The number of hydrogen-bond acceptors (Lipinski definition) is 4. The molecule has 1 aromatic rings. The van der Waals surface area contributed by atoms with Gasteiger partial charge in [-0.15, -0.1) is 0 Å². The first-order valence-corrected chi connectivity index (χ1v) is 6.85. The highest BCUT2D eigenvalue weighted by atomic mass is 16.5. The standard InChI is InChI=1S/C15H20N2O3/c1-20-15(19)8-7-14(18)17-11-9-16(10-12-17)13-5-3-2-4-6-13/h2-6H,7-12H2,1H3. The Hall–Kier alpha value is -2.04. The van der Waals surface area contributed by atoms with Gasteiger partial charge in [0.1, 0.15) is 0 Å². The zero-order valence-corrected chi connectivity index (χ0v) is 11.7. The largest absolute Gasteiger partial charge is 0.469 e. The van der Waals surface area contributed by atoms with E-state index in [0.717, 1.165) is 13.1 Å². The van der Waals surface area contributed by atoms with E-state index in [1.54, 1.807) is 0 Å². The SMILES string of the molecule is COC(=O)CCC(=O)N1CCN(c2ccccc2)CC1. The van der Waals surface area contributed by atoms with E-state index in [1.165, 1.54) is 12.8 Å². The number of para-hydroxylation sites is 1. The molecule has 1 saturated heterocycles. The minimum Gasteiger partial charge on any atom is -0.469 e. The number of hydrogen-bond donors (Lipinski definition) is 0. The van der Waals surface area contributed by atoms with E-state index in [9.17, 15) is 9.59 Å². The molecular formula is C15H20N2O3. The predicted molar refractivity (Wildman–Crippen MR) is 76.5 cm³/mol. The predicted octanol–water partition coefficient (Wildman–Crippen LogP) is 1.29. The van der Waals surface area contributed by atoms with Gasteiger partial charge in [-0.2, -0.15) is 0 Å². The van der Waals surface area contributed by atoms with Gasteiger partial charge in [-0.1, -0.05) is 18.2 Å². The van der Waals surface area contributed by atoms with Crippen molar-refractivity contribution in [3.63, 3.8) is 0 Å². The van der Waals surface area contributed by atoms with Crippen LogP contribution < -0.4 is 4.90 Å². The van der Waals surface area contributed by atoms with Gasteiger partial charge in [-0.3, -0.25) is 9.59 Å². The normalized spacial score (nSPS) is 15.1. The summed E-state index contributed by atoms with van der Waals surface area (Å²) in [5.41, 5.74) is 1.19. The fraction of sp³-hybridized carbons (Fsp3) is 0.467. The molecule has 108 valence electrons. The summed E-state index contributed by atoms with van der Waals surface area (Å²) in [7, 11) is 1.34. The molecule has 20 heavy (non-hydrogen) atoms. The number of benzene rings is 1. The molecule has 0 unspecified atom stereocenters. The van der Waals surface area contributed by atoms with Gasteiger partial charge >= 0.3 is 5.97 Å². The fourth-order valence-electron chi connectivity index (χ4n) is 2.32. The van der Waals surface area contributed by atoms with Gasteiger partial charge in [0.05, 0.1) is 13.5 Å². The lowest BCUT2D eigenvalue weighted by molar-refractivity contribution is -0.143. The van der Waals surface area contributed by atoms with Gasteiger partial charge in [0.25, 0.3) is 0 Å². The number of rotatable bonds is 4. The second-order valence-electron chi connectivity index (χ2n) is 4.78. The molecule has 1 amide bonds. The summed E-state index contributed by atoms with van der Waals surface area (Å²) < 4.78 is 4.54. The Morgan fingerprint density at radius 1 is 1.05 bits per heavy atom. The molecule has 0 atom stereocenters. The molecule has 0 saturated carbocycles. The smallest absolute Gasteiger partial charge is 0.306 e. The molecule has 0 N–H and O–H groups in total. The topological polar surface area (TPSA) is 49.9 Å². The number of carbonyl (C=O) groups is 2. The number of amides is 1. The van der Waals surface area contributed by atoms with Crippen molar-refractivity contribution in [1.29, 1.82) is 0 Å². The van der Waals surface area contributed by atoms with Gasteiger partial charge in [-0.25, -0.2) is 0 Å². The van der Waals surface area contributed by atoms with Crippen LogP contribution >= 0.6 is 0 Å². The number of nitrogens with zero attached hydrogens (tertiary/aromatic N) is 2. The second kappa shape index (κ2) is 6.93. The molecule has 1 aliphatic rings. The van der Waals surface area contributed by atoms with E-state index in [0.29, 0.717) is 13.1 Å². The van der Waals surface area contributed by atoms with Gasteiger partial charge < -0.3 is 14.5 Å². The number of methoxy groups -OCH3 is 1. The molecule has 1 aliphatic heterocycles. The average molecular weight is 276 g/mol. The van der Waals surface area contributed by atoms with Crippen molar-refractivity contribution in [2.45, 2.75) is 12.8 Å². The maximum atomic E-state index is 12.0. The lowest BCUT2D eigenvalue weighted by Gasteiger charge is -2.36. The first-order chi connectivity index (χ1) is 9.70. The Morgan fingerprint density at radius 2 is 1.70 bits per heavy atom. The summed E-state index contributed by atoms with van der Waals surface area (Å²) in [5, 5.41) is 0. The minimum absolute atomic E-state index is 0.0307. The van der Waals surface area contributed by atoms with Crippen molar-refractivity contribution in [2.24, 2.45) is 0 Å². The molecule has 1 aromatic carbocycles. The first kappa shape index (κ1) is 14.4. The number of esters is 1. The maximum absolute atomic E-state index is 12.0. The summed E-state index contributed by atoms with van der Waals surface area (Å²) in [6, 6.07) is 10.2. The molecule has 0 spiro atoms. The van der Waals surface area contributed by atoms with Crippen molar-refractivity contribution in [3.8, 4) is 0 Å². The maximum Gasteiger partial charge on any atom is 0.306 e. The Labute approximate surface area is 119 Å². The van der Waals surface area contributed by atoms with Crippen LogP contribution in [0.1, 0.15) is 12.8 Å². The van der Waals surface area contributed by atoms with E-state index >= 15 is 0 Å². The van der Waals surface area contributed by atoms with Crippen molar-refractivity contribution in [2.75, 3.05) is 38.2 Å². The number of anilines is 1. The zero-order chi connectivity index (χ0) is 14.4. The Morgan fingerprint density at radius 3 is 2.30 bits per heavy atom. The number of ether oxygens (including phenoxy) is 1. The molecule has 0 aliphatic carbocycles.